The van der Waals surface area contributed by atoms with Crippen molar-refractivity contribution in [2.45, 2.75) is 12.5 Å². The maximum Gasteiger partial charge on any atom is 0.328 e. The molecule has 0 aliphatic carbocycles. The number of hydrogen-bond acceptors (Lipinski definition) is 7. The summed E-state index contributed by atoms with van der Waals surface area (Å²) in [6.07, 6.45) is 1.15. The maximum absolute atomic E-state index is 10.7. The van der Waals surface area contributed by atoms with Gasteiger partial charge in [-0.2, -0.15) is 0 Å². The zero-order chi connectivity index (χ0) is 27.0. The fraction of sp³-hybridized carbons (Fsp3) is 0.370. The van der Waals surface area contributed by atoms with Crippen molar-refractivity contribution in [1.29, 1.82) is 0 Å². The van der Waals surface area contributed by atoms with Gasteiger partial charge in [0.25, 0.3) is 0 Å². The number of methoxy groups -OCH3 is 1. The fourth-order valence-electron chi connectivity index (χ4n) is 3.81. The van der Waals surface area contributed by atoms with E-state index in [-0.39, 0.29) is 12.5 Å². The third-order valence-corrected chi connectivity index (χ3v) is 5.69. The first-order valence-electron chi connectivity index (χ1n) is 11.9. The van der Waals surface area contributed by atoms with Crippen molar-refractivity contribution in [3.63, 3.8) is 0 Å². The number of hydrogen-bond donors (Lipinski definition) is 3. The van der Waals surface area contributed by atoms with E-state index in [2.05, 4.69) is 28.0 Å². The van der Waals surface area contributed by atoms with Crippen LogP contribution in [0.1, 0.15) is 23.7 Å². The average Bonchev–Trinajstić information content (AvgIpc) is 2.90. The number of aliphatic carboxylic acids is 3. The van der Waals surface area contributed by atoms with E-state index in [0.29, 0.717) is 25.3 Å². The summed E-state index contributed by atoms with van der Waals surface area (Å²) in [7, 11) is 1.69. The summed E-state index contributed by atoms with van der Waals surface area (Å²) in [5.41, 5.74) is 2.13. The molecule has 1 atom stereocenters. The molecule has 3 rings (SSSR count). The van der Waals surface area contributed by atoms with Crippen LogP contribution in [-0.2, 0) is 19.1 Å². The van der Waals surface area contributed by atoms with Crippen molar-refractivity contribution >= 4 is 17.9 Å². The lowest BCUT2D eigenvalue weighted by Gasteiger charge is -2.34. The Balaban J connectivity index is 0.000000521. The second kappa shape index (κ2) is 16.1. The predicted octanol–water partition coefficient (Wildman–Crippen LogP) is 2.61. The smallest absolute Gasteiger partial charge is 0.328 e. The van der Waals surface area contributed by atoms with Crippen molar-refractivity contribution in [3.8, 4) is 5.75 Å². The van der Waals surface area contributed by atoms with Crippen molar-refractivity contribution in [2.75, 3.05) is 53.0 Å². The molecule has 2 aromatic rings. The van der Waals surface area contributed by atoms with E-state index >= 15 is 0 Å². The van der Waals surface area contributed by atoms with E-state index in [0.717, 1.165) is 49.6 Å². The van der Waals surface area contributed by atoms with Crippen LogP contribution in [0.15, 0.2) is 66.7 Å². The Bertz CT molecular complexity index is 1000. The SMILES string of the molecule is COc1ccccc1C(OCCN1CCN(CCC(=O)O)CC1)c1ccccc1.O=C(O)/C=C\C(=O)O. The normalized spacial score (nSPS) is 14.9. The Morgan fingerprint density at radius 1 is 0.838 bits per heavy atom. The molecule has 1 fully saturated rings. The zero-order valence-corrected chi connectivity index (χ0v) is 20.9. The second-order valence-corrected chi connectivity index (χ2v) is 8.24. The number of rotatable bonds is 12. The van der Waals surface area contributed by atoms with E-state index in [4.69, 9.17) is 24.8 Å². The summed E-state index contributed by atoms with van der Waals surface area (Å²) in [4.78, 5) is 34.4. The summed E-state index contributed by atoms with van der Waals surface area (Å²) in [5.74, 6) is -2.42. The third-order valence-electron chi connectivity index (χ3n) is 5.69. The first-order valence-corrected chi connectivity index (χ1v) is 11.9. The molecule has 0 radical (unpaired) electrons. The van der Waals surface area contributed by atoms with Gasteiger partial charge in [-0.3, -0.25) is 9.69 Å². The number of carboxylic acids is 3. The van der Waals surface area contributed by atoms with E-state index < -0.39 is 17.9 Å². The van der Waals surface area contributed by atoms with Crippen LogP contribution in [0.5, 0.6) is 5.75 Å². The largest absolute Gasteiger partial charge is 0.496 e. The number of carbonyl (C=O) groups is 3. The molecule has 1 aliphatic heterocycles. The number of benzene rings is 2. The molecule has 0 amide bonds. The minimum Gasteiger partial charge on any atom is -0.496 e. The Labute approximate surface area is 216 Å². The van der Waals surface area contributed by atoms with Crippen LogP contribution in [0.4, 0.5) is 0 Å². The first-order chi connectivity index (χ1) is 17.8. The van der Waals surface area contributed by atoms with Gasteiger partial charge in [0.2, 0.25) is 0 Å². The summed E-state index contributed by atoms with van der Waals surface area (Å²) in [5, 5.41) is 24.5. The minimum absolute atomic E-state index is 0.177. The first kappa shape index (κ1) is 29.5. The van der Waals surface area contributed by atoms with Crippen LogP contribution in [0.2, 0.25) is 0 Å². The molecule has 10 heteroatoms. The molecule has 1 aliphatic rings. The highest BCUT2D eigenvalue weighted by Crippen LogP contribution is 2.32. The maximum atomic E-state index is 10.7. The molecule has 0 spiro atoms. The van der Waals surface area contributed by atoms with Crippen LogP contribution < -0.4 is 4.74 Å². The van der Waals surface area contributed by atoms with Crippen LogP contribution in [-0.4, -0.2) is 96.0 Å². The zero-order valence-electron chi connectivity index (χ0n) is 20.9. The quantitative estimate of drug-likeness (QED) is 0.363. The second-order valence-electron chi connectivity index (χ2n) is 8.24. The Morgan fingerprint density at radius 2 is 1.38 bits per heavy atom. The Hall–Kier alpha value is -3.73. The summed E-state index contributed by atoms with van der Waals surface area (Å²) in [6, 6.07) is 18.2. The van der Waals surface area contributed by atoms with Crippen LogP contribution in [0, 0.1) is 0 Å². The Kier molecular flexibility index (Phi) is 12.8. The number of carboxylic acid groups (broad SMARTS) is 3. The number of nitrogens with zero attached hydrogens (tertiary/aromatic N) is 2. The molecular weight excluding hydrogens is 480 g/mol. The summed E-state index contributed by atoms with van der Waals surface area (Å²) in [6.45, 7) is 5.78. The molecule has 37 heavy (non-hydrogen) atoms. The lowest BCUT2D eigenvalue weighted by molar-refractivity contribution is -0.137. The number of para-hydroxylation sites is 1. The van der Waals surface area contributed by atoms with Crippen molar-refractivity contribution in [2.24, 2.45) is 0 Å². The van der Waals surface area contributed by atoms with Gasteiger partial charge in [-0.15, -0.1) is 0 Å². The van der Waals surface area contributed by atoms with Crippen LogP contribution in [0.25, 0.3) is 0 Å². The van der Waals surface area contributed by atoms with E-state index in [1.165, 1.54) is 0 Å². The van der Waals surface area contributed by atoms with Gasteiger partial charge in [0.05, 0.1) is 20.1 Å². The number of piperazine rings is 1. The van der Waals surface area contributed by atoms with Gasteiger partial charge in [0.1, 0.15) is 11.9 Å². The molecule has 0 aromatic heterocycles. The molecule has 200 valence electrons. The predicted molar refractivity (Wildman–Crippen MR) is 137 cm³/mol. The van der Waals surface area contributed by atoms with Gasteiger partial charge in [0, 0.05) is 57.0 Å². The molecule has 3 N–H and O–H groups in total. The molecule has 0 bridgehead atoms. The highest BCUT2D eigenvalue weighted by atomic mass is 16.5. The standard InChI is InChI=1S/C23H30N2O4.C4H4O4/c1-28-21-10-6-5-9-20(21)23(19-7-3-2-4-8-19)29-18-17-25-15-13-24(14-16-25)12-11-22(26)27;5-3(6)1-2-4(7)8/h2-10,23H,11-18H2,1H3,(H,26,27);1-2H,(H,5,6)(H,7,8)/b;2-1-. The lowest BCUT2D eigenvalue weighted by Crippen LogP contribution is -2.47. The molecule has 1 unspecified atom stereocenters. The van der Waals surface area contributed by atoms with E-state index in [1.54, 1.807) is 7.11 Å². The average molecular weight is 515 g/mol. The van der Waals surface area contributed by atoms with Crippen LogP contribution >= 0.6 is 0 Å². The van der Waals surface area contributed by atoms with E-state index in [1.807, 2.05) is 36.4 Å². The molecular formula is C27H34N2O8. The molecule has 10 nitrogen and oxygen atoms in total. The van der Waals surface area contributed by atoms with Crippen molar-refractivity contribution < 1.29 is 39.2 Å². The van der Waals surface area contributed by atoms with Gasteiger partial charge in [-0.1, -0.05) is 48.5 Å². The van der Waals surface area contributed by atoms with Gasteiger partial charge in [-0.25, -0.2) is 9.59 Å². The highest BCUT2D eigenvalue weighted by molar-refractivity contribution is 5.89. The molecule has 1 heterocycles. The summed E-state index contributed by atoms with van der Waals surface area (Å²) >= 11 is 0. The van der Waals surface area contributed by atoms with Crippen LogP contribution in [0.3, 0.4) is 0 Å². The molecule has 2 aromatic carbocycles. The van der Waals surface area contributed by atoms with Crippen molar-refractivity contribution in [1.82, 2.24) is 9.80 Å². The fourth-order valence-corrected chi connectivity index (χ4v) is 3.81. The topological polar surface area (TPSA) is 137 Å². The molecule has 1 saturated heterocycles. The van der Waals surface area contributed by atoms with Crippen molar-refractivity contribution in [3.05, 3.63) is 77.9 Å². The van der Waals surface area contributed by atoms with E-state index in [9.17, 15) is 14.4 Å². The minimum atomic E-state index is -1.26. The van der Waals surface area contributed by atoms with Gasteiger partial charge in [0.15, 0.2) is 0 Å². The Morgan fingerprint density at radius 3 is 1.92 bits per heavy atom. The molecule has 0 saturated carbocycles. The highest BCUT2D eigenvalue weighted by Gasteiger charge is 2.21. The van der Waals surface area contributed by atoms with Gasteiger partial charge >= 0.3 is 17.9 Å². The summed E-state index contributed by atoms with van der Waals surface area (Å²) < 4.78 is 11.9. The third kappa shape index (κ3) is 11.2. The monoisotopic (exact) mass is 514 g/mol. The lowest BCUT2D eigenvalue weighted by atomic mass is 10.0. The van der Waals surface area contributed by atoms with Gasteiger partial charge < -0.3 is 29.7 Å². The van der Waals surface area contributed by atoms with Gasteiger partial charge in [-0.05, 0) is 11.6 Å². The number of ether oxygens (including phenoxy) is 2.